The molecule has 0 atom stereocenters. The summed E-state index contributed by atoms with van der Waals surface area (Å²) in [4.78, 5) is 7.40. The maximum atomic E-state index is 13.4. The molecule has 0 amide bonds. The van der Waals surface area contributed by atoms with Gasteiger partial charge in [-0.3, -0.25) is 0 Å². The zero-order chi connectivity index (χ0) is 18.1. The van der Waals surface area contributed by atoms with Gasteiger partial charge in [0.2, 0.25) is 0 Å². The summed E-state index contributed by atoms with van der Waals surface area (Å²) in [6, 6.07) is 18.2. The lowest BCUT2D eigenvalue weighted by molar-refractivity contribution is 0.629. The molecule has 0 saturated carbocycles. The lowest BCUT2D eigenvalue weighted by Gasteiger charge is -2.07. The van der Waals surface area contributed by atoms with E-state index in [0.717, 1.165) is 15.9 Å². The van der Waals surface area contributed by atoms with Crippen molar-refractivity contribution in [2.45, 2.75) is 0 Å². The van der Waals surface area contributed by atoms with E-state index in [0.29, 0.717) is 22.4 Å². The first kappa shape index (κ1) is 16.3. The number of imidazole rings is 1. The zero-order valence-corrected chi connectivity index (χ0v) is 15.0. The summed E-state index contributed by atoms with van der Waals surface area (Å²) in [5.74, 6) is 0.0657. The molecule has 0 bridgehead atoms. The van der Waals surface area contributed by atoms with Crippen LogP contribution in [0.25, 0.3) is 28.4 Å². The monoisotopic (exact) mass is 406 g/mol. The average Bonchev–Trinajstić information content (AvgIpc) is 3.26. The third-order valence-corrected chi connectivity index (χ3v) is 4.53. The Hall–Kier alpha value is -3.17. The number of aromatic amines is 1. The Bertz CT molecular complexity index is 1160. The molecule has 1 N–H and O–H groups in total. The molecule has 2 aromatic heterocycles. The number of hydrogen-bond acceptors (Lipinski definition) is 2. The van der Waals surface area contributed by atoms with Crippen LogP contribution in [0.5, 0.6) is 0 Å². The highest BCUT2D eigenvalue weighted by atomic mass is 79.9. The van der Waals surface area contributed by atoms with E-state index < -0.39 is 0 Å². The summed E-state index contributed by atoms with van der Waals surface area (Å²) >= 11 is 3.43. The number of aromatic nitrogens is 3. The summed E-state index contributed by atoms with van der Waals surface area (Å²) in [6.07, 6.45) is 3.69. The normalized spacial score (nSPS) is 11.7. The zero-order valence-electron chi connectivity index (χ0n) is 13.4. The van der Waals surface area contributed by atoms with Gasteiger partial charge in [0, 0.05) is 22.1 Å². The molecule has 0 aliphatic heterocycles. The number of fused-ring (bicyclic) bond motifs is 1. The Labute approximate surface area is 157 Å². The summed E-state index contributed by atoms with van der Waals surface area (Å²) in [5, 5.41) is 9.59. The third kappa shape index (κ3) is 3.05. The Morgan fingerprint density at radius 2 is 2.00 bits per heavy atom. The molecule has 126 valence electrons. The van der Waals surface area contributed by atoms with Crippen LogP contribution in [0.3, 0.4) is 0 Å². The molecule has 2 heterocycles. The van der Waals surface area contributed by atoms with Crippen LogP contribution in [-0.4, -0.2) is 14.5 Å². The Kier molecular flexibility index (Phi) is 4.15. The minimum absolute atomic E-state index is 0.348. The molecule has 0 spiro atoms. The molecule has 0 fully saturated rings. The average molecular weight is 407 g/mol. The van der Waals surface area contributed by atoms with Crippen LogP contribution < -0.4 is 0 Å². The van der Waals surface area contributed by atoms with E-state index in [-0.39, 0.29) is 5.82 Å². The van der Waals surface area contributed by atoms with Crippen LogP contribution in [0.2, 0.25) is 0 Å². The fourth-order valence-electron chi connectivity index (χ4n) is 2.76. The van der Waals surface area contributed by atoms with Crippen molar-refractivity contribution >= 4 is 38.6 Å². The highest BCUT2D eigenvalue weighted by Gasteiger charge is 2.10. The van der Waals surface area contributed by atoms with Crippen molar-refractivity contribution in [3.05, 3.63) is 82.6 Å². The molecular formula is C20H12BrFN4. The van der Waals surface area contributed by atoms with Crippen molar-refractivity contribution < 1.29 is 4.39 Å². The van der Waals surface area contributed by atoms with Gasteiger partial charge in [0.1, 0.15) is 17.7 Å². The molecule has 6 heteroatoms. The quantitative estimate of drug-likeness (QED) is 0.468. The van der Waals surface area contributed by atoms with Gasteiger partial charge in [-0.2, -0.15) is 5.26 Å². The molecule has 4 rings (SSSR count). The van der Waals surface area contributed by atoms with Crippen LogP contribution in [0.15, 0.2) is 65.3 Å². The predicted molar refractivity (Wildman–Crippen MR) is 103 cm³/mol. The molecule has 0 aliphatic carbocycles. The second-order valence-electron chi connectivity index (χ2n) is 5.70. The van der Waals surface area contributed by atoms with Gasteiger partial charge in [-0.25, -0.2) is 9.37 Å². The maximum absolute atomic E-state index is 13.4. The van der Waals surface area contributed by atoms with Crippen LogP contribution in [0.4, 0.5) is 4.39 Å². The highest BCUT2D eigenvalue weighted by molar-refractivity contribution is 9.10. The van der Waals surface area contributed by atoms with E-state index in [1.165, 1.54) is 12.1 Å². The number of nitriles is 1. The van der Waals surface area contributed by atoms with Crippen LogP contribution in [0, 0.1) is 17.1 Å². The van der Waals surface area contributed by atoms with Crippen molar-refractivity contribution in [2.24, 2.45) is 0 Å². The van der Waals surface area contributed by atoms with E-state index in [2.05, 4.69) is 32.0 Å². The van der Waals surface area contributed by atoms with Gasteiger partial charge in [0.15, 0.2) is 0 Å². The van der Waals surface area contributed by atoms with Gasteiger partial charge >= 0.3 is 0 Å². The predicted octanol–water partition coefficient (Wildman–Crippen LogP) is 5.32. The number of nitrogens with one attached hydrogen (secondary N) is 1. The number of hydrogen-bond donors (Lipinski definition) is 1. The molecule has 4 aromatic rings. The van der Waals surface area contributed by atoms with Gasteiger partial charge in [0.05, 0.1) is 16.6 Å². The van der Waals surface area contributed by atoms with E-state index in [1.54, 1.807) is 12.1 Å². The number of rotatable bonds is 3. The summed E-state index contributed by atoms with van der Waals surface area (Å²) in [5.41, 5.74) is 3.37. The number of nitrogens with zero attached hydrogens (tertiary/aromatic N) is 3. The topological polar surface area (TPSA) is 57.4 Å². The summed E-state index contributed by atoms with van der Waals surface area (Å²) < 4.78 is 16.3. The fourth-order valence-corrected chi connectivity index (χ4v) is 3.02. The molecule has 0 aliphatic rings. The van der Waals surface area contributed by atoms with Gasteiger partial charge in [0.25, 0.3) is 0 Å². The van der Waals surface area contributed by atoms with Gasteiger partial charge in [-0.05, 0) is 60.7 Å². The molecule has 4 nitrogen and oxygen atoms in total. The summed E-state index contributed by atoms with van der Waals surface area (Å²) in [6.45, 7) is 0. The second kappa shape index (κ2) is 6.62. The van der Waals surface area contributed by atoms with Crippen molar-refractivity contribution in [3.63, 3.8) is 0 Å². The highest BCUT2D eigenvalue weighted by Crippen LogP contribution is 2.22. The minimum Gasteiger partial charge on any atom is -0.337 e. The van der Waals surface area contributed by atoms with E-state index >= 15 is 0 Å². The van der Waals surface area contributed by atoms with Crippen molar-refractivity contribution in [1.82, 2.24) is 14.5 Å². The second-order valence-corrected chi connectivity index (χ2v) is 6.61. The number of halogens is 2. The first-order chi connectivity index (χ1) is 12.6. The summed E-state index contributed by atoms with van der Waals surface area (Å²) in [7, 11) is 0. The first-order valence-electron chi connectivity index (χ1n) is 7.85. The van der Waals surface area contributed by atoms with E-state index in [9.17, 15) is 9.65 Å². The van der Waals surface area contributed by atoms with Crippen molar-refractivity contribution in [2.75, 3.05) is 0 Å². The Morgan fingerprint density at radius 1 is 1.19 bits per heavy atom. The van der Waals surface area contributed by atoms with Gasteiger partial charge in [-0.1, -0.05) is 15.9 Å². The number of allylic oxidation sites excluding steroid dienone is 1. The minimum atomic E-state index is -0.348. The van der Waals surface area contributed by atoms with Crippen LogP contribution >= 0.6 is 15.9 Å². The van der Waals surface area contributed by atoms with Crippen molar-refractivity contribution in [1.29, 1.82) is 5.26 Å². The Morgan fingerprint density at radius 3 is 2.77 bits per heavy atom. The molecule has 0 unspecified atom stereocenters. The SMILES string of the molecule is N#C/C(=C/c1cccn1-c1ccc(Br)cc1)c1nc2ccc(F)cc2[nH]1. The first-order valence-corrected chi connectivity index (χ1v) is 8.64. The molecule has 26 heavy (non-hydrogen) atoms. The van der Waals surface area contributed by atoms with Crippen LogP contribution in [0.1, 0.15) is 11.5 Å². The van der Waals surface area contributed by atoms with Crippen molar-refractivity contribution in [3.8, 4) is 11.8 Å². The third-order valence-electron chi connectivity index (χ3n) is 4.00. The van der Waals surface area contributed by atoms with Crippen LogP contribution in [-0.2, 0) is 0 Å². The van der Waals surface area contributed by atoms with E-state index in [4.69, 9.17) is 0 Å². The number of benzene rings is 2. The fraction of sp³-hybridized carbons (Fsp3) is 0. The number of H-pyrrole nitrogens is 1. The lowest BCUT2D eigenvalue weighted by atomic mass is 10.2. The molecule has 0 radical (unpaired) electrons. The lowest BCUT2D eigenvalue weighted by Crippen LogP contribution is -1.95. The molecule has 2 aromatic carbocycles. The van der Waals surface area contributed by atoms with Gasteiger partial charge < -0.3 is 9.55 Å². The maximum Gasteiger partial charge on any atom is 0.149 e. The smallest absolute Gasteiger partial charge is 0.149 e. The standard InChI is InChI=1S/C20H12BrFN4/c21-14-3-6-16(7-4-14)26-9-1-2-17(26)10-13(12-23)20-24-18-8-5-15(22)11-19(18)25-20/h1-11H,(H,24,25)/b13-10-. The molecule has 0 saturated heterocycles. The van der Waals surface area contributed by atoms with E-state index in [1.807, 2.05) is 47.2 Å². The Balaban J connectivity index is 1.77. The largest absolute Gasteiger partial charge is 0.337 e. The van der Waals surface area contributed by atoms with Gasteiger partial charge in [-0.15, -0.1) is 0 Å². The molecular weight excluding hydrogens is 395 g/mol.